The van der Waals surface area contributed by atoms with E-state index >= 15 is 0 Å². The van der Waals surface area contributed by atoms with Crippen LogP contribution in [0.1, 0.15) is 35.6 Å². The van der Waals surface area contributed by atoms with E-state index in [2.05, 4.69) is 89.7 Å². The van der Waals surface area contributed by atoms with Gasteiger partial charge in [0.15, 0.2) is 0 Å². The van der Waals surface area contributed by atoms with Crippen LogP contribution in [0.2, 0.25) is 6.55 Å². The van der Waals surface area contributed by atoms with Crippen LogP contribution in [-0.4, -0.2) is 8.07 Å². The number of halogens is 3. The largest absolute Gasteiger partial charge is 4.00 e. The SMILES string of the molecule is CC1=[C-]CC=C1[Si](C)(c1cc(C)cc(C)c1)c1cc(C)cc(C)c1.[Cl-].[Cl-].[Cl-].[Ti+4]. The zero-order valence-electron chi connectivity index (χ0n) is 17.4. The molecule has 2 aromatic carbocycles. The Hall–Kier alpha value is -0.279. The van der Waals surface area contributed by atoms with Gasteiger partial charge in [-0.1, -0.05) is 82.5 Å². The van der Waals surface area contributed by atoms with Crippen LogP contribution >= 0.6 is 0 Å². The molecule has 0 aliphatic heterocycles. The fraction of sp³-hybridized carbons (Fsp3) is 0.304. The van der Waals surface area contributed by atoms with Gasteiger partial charge in [0, 0.05) is 0 Å². The number of hydrogen-bond acceptors (Lipinski definition) is 0. The van der Waals surface area contributed by atoms with Crippen LogP contribution in [0, 0.1) is 33.8 Å². The zero-order chi connectivity index (χ0) is 17.5. The van der Waals surface area contributed by atoms with Gasteiger partial charge in [0.25, 0.3) is 0 Å². The fourth-order valence-corrected chi connectivity index (χ4v) is 8.51. The minimum absolute atomic E-state index is 0. The number of aryl methyl sites for hydroxylation is 4. The summed E-state index contributed by atoms with van der Waals surface area (Å²) in [5.74, 6) is 0. The van der Waals surface area contributed by atoms with Gasteiger partial charge in [-0.2, -0.15) is 11.3 Å². The maximum absolute atomic E-state index is 3.53. The minimum Gasteiger partial charge on any atom is -1.00 e. The van der Waals surface area contributed by atoms with Gasteiger partial charge in [0.05, 0.1) is 8.07 Å². The van der Waals surface area contributed by atoms with E-state index in [0.29, 0.717) is 0 Å². The third-order valence-electron chi connectivity index (χ3n) is 5.21. The number of allylic oxidation sites excluding steroid dienone is 4. The average molecular weight is 486 g/mol. The fourth-order valence-electron chi connectivity index (χ4n) is 4.14. The van der Waals surface area contributed by atoms with Crippen LogP contribution in [0.4, 0.5) is 0 Å². The second-order valence-corrected chi connectivity index (χ2v) is 11.4. The third-order valence-corrected chi connectivity index (χ3v) is 9.76. The van der Waals surface area contributed by atoms with E-state index in [9.17, 15) is 0 Å². The molecule has 5 heteroatoms. The summed E-state index contributed by atoms with van der Waals surface area (Å²) in [7, 11) is -2.00. The molecule has 3 rings (SSSR count). The van der Waals surface area contributed by atoms with Crippen LogP contribution in [0.25, 0.3) is 0 Å². The van der Waals surface area contributed by atoms with Crippen LogP contribution in [0.15, 0.2) is 53.2 Å². The van der Waals surface area contributed by atoms with Gasteiger partial charge in [-0.15, -0.1) is 6.42 Å². The van der Waals surface area contributed by atoms with E-state index in [1.165, 1.54) is 43.4 Å². The molecule has 0 amide bonds. The second-order valence-electron chi connectivity index (χ2n) is 7.50. The molecule has 0 atom stereocenters. The van der Waals surface area contributed by atoms with E-state index in [-0.39, 0.29) is 58.9 Å². The number of rotatable bonds is 3. The Labute approximate surface area is 205 Å². The van der Waals surface area contributed by atoms with E-state index in [1.807, 2.05) is 0 Å². The quantitative estimate of drug-likeness (QED) is 0.305. The number of benzene rings is 2. The minimum atomic E-state index is -2.00. The van der Waals surface area contributed by atoms with Crippen LogP contribution in [-0.2, 0) is 21.7 Å². The molecule has 0 fully saturated rings. The van der Waals surface area contributed by atoms with Gasteiger partial charge in [0.1, 0.15) is 0 Å². The van der Waals surface area contributed by atoms with Gasteiger partial charge in [-0.25, -0.2) is 5.57 Å². The molecule has 0 saturated heterocycles. The van der Waals surface area contributed by atoms with Crippen molar-refractivity contribution in [1.82, 2.24) is 0 Å². The average Bonchev–Trinajstić information content (AvgIpc) is 2.91. The van der Waals surface area contributed by atoms with Crippen molar-refractivity contribution in [1.29, 1.82) is 0 Å². The smallest absolute Gasteiger partial charge is 1.00 e. The molecular formula is C23H27Cl3SiTi. The Morgan fingerprint density at radius 2 is 1.04 bits per heavy atom. The molecule has 0 aromatic heterocycles. The molecule has 0 bridgehead atoms. The van der Waals surface area contributed by atoms with Crippen molar-refractivity contribution in [3.63, 3.8) is 0 Å². The molecular weight excluding hydrogens is 459 g/mol. The summed E-state index contributed by atoms with van der Waals surface area (Å²) in [5, 5.41) is 4.57. The summed E-state index contributed by atoms with van der Waals surface area (Å²) in [5.41, 5.74) is 6.78. The Balaban J connectivity index is 0. The van der Waals surface area contributed by atoms with E-state index in [4.69, 9.17) is 0 Å². The summed E-state index contributed by atoms with van der Waals surface area (Å²) in [6.45, 7) is 13.6. The van der Waals surface area contributed by atoms with Gasteiger partial charge in [-0.3, -0.25) is 6.08 Å². The van der Waals surface area contributed by atoms with Crippen molar-refractivity contribution in [3.05, 3.63) is 81.6 Å². The molecule has 2 aromatic rings. The van der Waals surface area contributed by atoms with Crippen molar-refractivity contribution >= 4 is 18.4 Å². The molecule has 1 aliphatic carbocycles. The predicted octanol–water partition coefficient (Wildman–Crippen LogP) is -4.26. The topological polar surface area (TPSA) is 0 Å². The zero-order valence-corrected chi connectivity index (χ0v) is 22.2. The van der Waals surface area contributed by atoms with Gasteiger partial charge >= 0.3 is 21.7 Å². The predicted molar refractivity (Wildman–Crippen MR) is 108 cm³/mol. The Morgan fingerprint density at radius 1 is 0.679 bits per heavy atom. The first kappa shape index (κ1) is 29.9. The van der Waals surface area contributed by atoms with Gasteiger partial charge < -0.3 is 37.2 Å². The molecule has 0 unspecified atom stereocenters. The Kier molecular flexibility index (Phi) is 12.6. The van der Waals surface area contributed by atoms with Crippen molar-refractivity contribution in [2.75, 3.05) is 0 Å². The molecule has 0 spiro atoms. The first-order chi connectivity index (χ1) is 11.3. The number of hydrogen-bond donors (Lipinski definition) is 0. The van der Waals surface area contributed by atoms with E-state index in [1.54, 1.807) is 0 Å². The molecule has 0 nitrogen and oxygen atoms in total. The Morgan fingerprint density at radius 3 is 1.32 bits per heavy atom. The Bertz CT molecular complexity index is 780. The van der Waals surface area contributed by atoms with E-state index in [0.717, 1.165) is 6.42 Å². The second kappa shape index (κ2) is 11.8. The van der Waals surface area contributed by atoms with Crippen LogP contribution < -0.4 is 47.6 Å². The van der Waals surface area contributed by atoms with Crippen LogP contribution in [0.5, 0.6) is 0 Å². The standard InChI is InChI=1S/C23H27Si.3ClH.Ti/c1-16-10-17(2)13-21(12-16)24(6,23-9-7-8-20(23)5)22-14-18(3)11-19(4)15-22;;;;/h9-15H,7H2,1-6H3;3*1H;/q-1;;;;+4/p-3. The van der Waals surface area contributed by atoms with Crippen molar-refractivity contribution in [2.24, 2.45) is 0 Å². The van der Waals surface area contributed by atoms with Crippen LogP contribution in [0.3, 0.4) is 0 Å². The molecule has 28 heavy (non-hydrogen) atoms. The summed E-state index contributed by atoms with van der Waals surface area (Å²) >= 11 is 0. The molecule has 1 aliphatic rings. The molecule has 0 radical (unpaired) electrons. The first-order valence-corrected chi connectivity index (χ1v) is 11.3. The maximum atomic E-state index is 3.53. The molecule has 148 valence electrons. The summed E-state index contributed by atoms with van der Waals surface area (Å²) in [6.07, 6.45) is 6.90. The third kappa shape index (κ3) is 5.88. The first-order valence-electron chi connectivity index (χ1n) is 8.76. The van der Waals surface area contributed by atoms with Crippen molar-refractivity contribution in [2.45, 2.75) is 47.6 Å². The van der Waals surface area contributed by atoms with E-state index < -0.39 is 8.07 Å². The summed E-state index contributed by atoms with van der Waals surface area (Å²) in [6, 6.07) is 14.2. The van der Waals surface area contributed by atoms with Crippen molar-refractivity contribution < 1.29 is 58.9 Å². The normalized spacial score (nSPS) is 12.5. The molecule has 0 N–H and O–H groups in total. The van der Waals surface area contributed by atoms with Gasteiger partial charge in [0.2, 0.25) is 0 Å². The maximum Gasteiger partial charge on any atom is 4.00 e. The summed E-state index contributed by atoms with van der Waals surface area (Å²) < 4.78 is 0. The van der Waals surface area contributed by atoms with Crippen molar-refractivity contribution in [3.8, 4) is 0 Å². The molecule has 0 heterocycles. The molecule has 0 saturated carbocycles. The monoisotopic (exact) mass is 484 g/mol. The summed E-state index contributed by atoms with van der Waals surface area (Å²) in [4.78, 5) is 0. The van der Waals surface area contributed by atoms with Gasteiger partial charge in [-0.05, 0) is 27.7 Å².